The van der Waals surface area contributed by atoms with E-state index in [0.717, 1.165) is 0 Å². The molecule has 0 spiro atoms. The van der Waals surface area contributed by atoms with Crippen LogP contribution in [0.1, 0.15) is 12.8 Å². The Hall–Kier alpha value is 0.536. The second kappa shape index (κ2) is 7.20. The van der Waals surface area contributed by atoms with E-state index in [-0.39, 0.29) is 64.2 Å². The predicted molar refractivity (Wildman–Crippen MR) is 39.6 cm³/mol. The van der Waals surface area contributed by atoms with Crippen molar-refractivity contribution in [2.45, 2.75) is 18.9 Å². The Morgan fingerprint density at radius 3 is 2.09 bits per heavy atom. The summed E-state index contributed by atoms with van der Waals surface area (Å²) in [5.41, 5.74) is 5.00. The van der Waals surface area contributed by atoms with Gasteiger partial charge in [-0.2, -0.15) is 0 Å². The van der Waals surface area contributed by atoms with E-state index >= 15 is 0 Å². The first kappa shape index (κ1) is 14.1. The van der Waals surface area contributed by atoms with E-state index in [1.807, 2.05) is 0 Å². The van der Waals surface area contributed by atoms with Gasteiger partial charge in [0.1, 0.15) is 6.04 Å². The van der Waals surface area contributed by atoms with Gasteiger partial charge in [0.2, 0.25) is 0 Å². The fourth-order valence-electron chi connectivity index (χ4n) is 0.402. The number of hydrogen-bond donors (Lipinski definition) is 3. The van der Waals surface area contributed by atoms with Crippen LogP contribution < -0.4 is 5.73 Å². The monoisotopic (exact) mass is 187 g/mol. The summed E-state index contributed by atoms with van der Waals surface area (Å²) in [4.78, 5) is 19.9. The van der Waals surface area contributed by atoms with Crippen LogP contribution in [0.25, 0.3) is 0 Å². The Bertz CT molecular complexity index is 149. The molecule has 0 aliphatic heterocycles. The maximum absolute atomic E-state index is 9.99. The van der Waals surface area contributed by atoms with Gasteiger partial charge in [0.05, 0.1) is 0 Å². The summed E-state index contributed by atoms with van der Waals surface area (Å²) in [5.74, 6) is -2.20. The van der Waals surface area contributed by atoms with Gasteiger partial charge >= 0.3 is 63.3 Å². The molecule has 0 heterocycles. The summed E-state index contributed by atoms with van der Waals surface area (Å²) in [7, 11) is 0. The summed E-state index contributed by atoms with van der Waals surface area (Å²) < 4.78 is 0. The van der Waals surface area contributed by atoms with Crippen molar-refractivity contribution in [1.29, 1.82) is 0 Å². The van der Waals surface area contributed by atoms with Crippen LogP contribution in [0.4, 0.5) is 0 Å². The minimum absolute atomic E-state index is 0. The van der Waals surface area contributed by atoms with Gasteiger partial charge in [0.15, 0.2) is 0 Å². The third kappa shape index (κ3) is 8.44. The molecule has 1 atom stereocenters. The zero-order valence-electron chi connectivity index (χ0n) is 5.28. The summed E-state index contributed by atoms with van der Waals surface area (Å²) in [6, 6.07) is -1.06. The minimum atomic E-state index is -1.17. The molecule has 0 radical (unpaired) electrons. The SMILES string of the molecule is N[C@H](CCC(=O)O)C(=O)O.[KH]. The van der Waals surface area contributed by atoms with Crippen LogP contribution in [-0.4, -0.2) is 79.6 Å². The number of carboxylic acid groups (broad SMARTS) is 2. The average Bonchev–Trinajstić information content (AvgIpc) is 1.82. The molecule has 0 amide bonds. The van der Waals surface area contributed by atoms with Crippen molar-refractivity contribution in [3.63, 3.8) is 0 Å². The molecule has 0 aromatic heterocycles. The van der Waals surface area contributed by atoms with E-state index in [0.29, 0.717) is 0 Å². The van der Waals surface area contributed by atoms with E-state index in [1.54, 1.807) is 0 Å². The maximum atomic E-state index is 9.99. The number of rotatable bonds is 4. The van der Waals surface area contributed by atoms with Crippen LogP contribution in [0, 0.1) is 0 Å². The van der Waals surface area contributed by atoms with Crippen molar-refractivity contribution in [1.82, 2.24) is 0 Å². The van der Waals surface area contributed by atoms with Gasteiger partial charge in [-0.1, -0.05) is 0 Å². The summed E-state index contributed by atoms with van der Waals surface area (Å²) in [6.07, 6.45) is -0.224. The van der Waals surface area contributed by atoms with Crippen molar-refractivity contribution in [3.8, 4) is 0 Å². The molecular weight excluding hydrogens is 177 g/mol. The molecule has 6 heteroatoms. The third-order valence-corrected chi connectivity index (χ3v) is 0.986. The standard InChI is InChI=1S/C5H9NO4.K.H/c6-3(5(9)10)1-2-4(7)8;;/h3H,1-2,6H2,(H,7,8)(H,9,10);;/t3-;;/m1../s1. The zero-order chi connectivity index (χ0) is 8.15. The summed E-state index contributed by atoms with van der Waals surface area (Å²) in [6.45, 7) is 0. The molecular formula is C5H10KNO4. The second-order valence-electron chi connectivity index (χ2n) is 1.88. The van der Waals surface area contributed by atoms with Crippen LogP contribution in [0.3, 0.4) is 0 Å². The number of hydrogen-bond acceptors (Lipinski definition) is 3. The molecule has 0 aliphatic rings. The van der Waals surface area contributed by atoms with Crippen LogP contribution in [-0.2, 0) is 9.59 Å². The van der Waals surface area contributed by atoms with E-state index in [2.05, 4.69) is 0 Å². The average molecular weight is 187 g/mol. The van der Waals surface area contributed by atoms with Gasteiger partial charge in [-0.3, -0.25) is 9.59 Å². The van der Waals surface area contributed by atoms with Crippen LogP contribution in [0.2, 0.25) is 0 Å². The number of carbonyl (C=O) groups is 2. The quantitative estimate of drug-likeness (QED) is 0.471. The van der Waals surface area contributed by atoms with Crippen LogP contribution >= 0.6 is 0 Å². The molecule has 0 bridgehead atoms. The van der Waals surface area contributed by atoms with Crippen LogP contribution in [0.15, 0.2) is 0 Å². The van der Waals surface area contributed by atoms with E-state index in [4.69, 9.17) is 15.9 Å². The van der Waals surface area contributed by atoms with Crippen molar-refractivity contribution < 1.29 is 19.8 Å². The molecule has 0 saturated carbocycles. The number of nitrogens with two attached hydrogens (primary N) is 1. The van der Waals surface area contributed by atoms with Gasteiger partial charge < -0.3 is 15.9 Å². The number of carboxylic acids is 2. The molecule has 4 N–H and O–H groups in total. The normalized spacial score (nSPS) is 11.4. The van der Waals surface area contributed by atoms with Gasteiger partial charge in [-0.05, 0) is 6.42 Å². The van der Waals surface area contributed by atoms with Crippen LogP contribution in [0.5, 0.6) is 0 Å². The zero-order valence-corrected chi connectivity index (χ0v) is 5.28. The molecule has 5 nitrogen and oxygen atoms in total. The Balaban J connectivity index is 0. The van der Waals surface area contributed by atoms with E-state index in [9.17, 15) is 9.59 Å². The van der Waals surface area contributed by atoms with Crippen molar-refractivity contribution in [2.24, 2.45) is 5.73 Å². The third-order valence-electron chi connectivity index (χ3n) is 0.986. The molecule has 0 aromatic carbocycles. The Kier molecular flexibility index (Phi) is 9.22. The summed E-state index contributed by atoms with van der Waals surface area (Å²) >= 11 is 0. The first-order valence-corrected chi connectivity index (χ1v) is 2.74. The Morgan fingerprint density at radius 1 is 1.36 bits per heavy atom. The fraction of sp³-hybridized carbons (Fsp3) is 0.600. The van der Waals surface area contributed by atoms with E-state index < -0.39 is 18.0 Å². The molecule has 11 heavy (non-hydrogen) atoms. The fourth-order valence-corrected chi connectivity index (χ4v) is 0.402. The van der Waals surface area contributed by atoms with Crippen molar-refractivity contribution >= 4 is 63.3 Å². The molecule has 60 valence electrons. The molecule has 0 aliphatic carbocycles. The Labute approximate surface area is 106 Å². The molecule has 0 aromatic rings. The first-order chi connectivity index (χ1) is 4.54. The van der Waals surface area contributed by atoms with Gasteiger partial charge in [0, 0.05) is 6.42 Å². The molecule has 0 unspecified atom stereocenters. The van der Waals surface area contributed by atoms with Gasteiger partial charge in [0.25, 0.3) is 0 Å². The number of aliphatic carboxylic acids is 2. The van der Waals surface area contributed by atoms with Crippen molar-refractivity contribution in [3.05, 3.63) is 0 Å². The molecule has 0 fully saturated rings. The first-order valence-electron chi connectivity index (χ1n) is 2.74. The Morgan fingerprint density at radius 2 is 1.82 bits per heavy atom. The van der Waals surface area contributed by atoms with Gasteiger partial charge in [-0.25, -0.2) is 0 Å². The topological polar surface area (TPSA) is 101 Å². The van der Waals surface area contributed by atoms with Crippen molar-refractivity contribution in [2.75, 3.05) is 0 Å². The van der Waals surface area contributed by atoms with Gasteiger partial charge in [-0.15, -0.1) is 0 Å². The summed E-state index contributed by atoms with van der Waals surface area (Å²) in [5, 5.41) is 16.3. The predicted octanol–water partition coefficient (Wildman–Crippen LogP) is -1.39. The molecule has 0 saturated heterocycles. The van der Waals surface area contributed by atoms with E-state index in [1.165, 1.54) is 0 Å². The second-order valence-corrected chi connectivity index (χ2v) is 1.88. The molecule has 0 rings (SSSR count).